The van der Waals surface area contributed by atoms with Crippen molar-refractivity contribution in [1.29, 1.82) is 0 Å². The average Bonchev–Trinajstić information content (AvgIpc) is 2.19. The predicted molar refractivity (Wildman–Crippen MR) is 61.7 cm³/mol. The van der Waals surface area contributed by atoms with Gasteiger partial charge in [-0.15, -0.1) is 0 Å². The molecule has 1 rings (SSSR count). The first kappa shape index (κ1) is 14.3. The van der Waals surface area contributed by atoms with E-state index >= 15 is 0 Å². The summed E-state index contributed by atoms with van der Waals surface area (Å²) in [6, 6.07) is 4.38. The van der Waals surface area contributed by atoms with E-state index in [4.69, 9.17) is 17.4 Å². The summed E-state index contributed by atoms with van der Waals surface area (Å²) in [5.41, 5.74) is 3.79. The fourth-order valence-corrected chi connectivity index (χ4v) is 1.87. The molecule has 0 amide bonds. The number of benzene rings is 1. The van der Waals surface area contributed by atoms with Crippen LogP contribution in [0.25, 0.3) is 0 Å². The first-order valence-electron chi connectivity index (χ1n) is 5.09. The molecule has 0 saturated heterocycles. The molecule has 1 aromatic carbocycles. The first-order chi connectivity index (χ1) is 7.81. The topological polar surface area (TPSA) is 38.0 Å². The van der Waals surface area contributed by atoms with Crippen molar-refractivity contribution in [3.05, 3.63) is 34.3 Å². The lowest BCUT2D eigenvalue weighted by Gasteiger charge is -2.18. The van der Waals surface area contributed by atoms with Crippen molar-refractivity contribution in [2.24, 2.45) is 5.84 Å². The van der Waals surface area contributed by atoms with Crippen molar-refractivity contribution in [1.82, 2.24) is 5.43 Å². The summed E-state index contributed by atoms with van der Waals surface area (Å²) < 4.78 is 36.7. The molecule has 0 fully saturated rings. The normalized spacial score (nSPS) is 13.8. The Morgan fingerprint density at radius 1 is 1.41 bits per heavy atom. The number of halogens is 4. The molecule has 0 bridgehead atoms. The maximum atomic E-state index is 12.2. The maximum absolute atomic E-state index is 12.2. The Balaban J connectivity index is 2.74. The number of nitrogens with one attached hydrogen (secondary N) is 1. The van der Waals surface area contributed by atoms with Gasteiger partial charge >= 0.3 is 6.18 Å². The smallest absolute Gasteiger partial charge is 0.271 e. The Kier molecular flexibility index (Phi) is 4.80. The van der Waals surface area contributed by atoms with Gasteiger partial charge in [0.2, 0.25) is 0 Å². The molecule has 1 atom stereocenters. The van der Waals surface area contributed by atoms with Gasteiger partial charge in [0.05, 0.1) is 6.42 Å². The van der Waals surface area contributed by atoms with E-state index in [0.29, 0.717) is 10.6 Å². The molecule has 96 valence electrons. The first-order valence-corrected chi connectivity index (χ1v) is 5.47. The minimum Gasteiger partial charge on any atom is -0.271 e. The lowest BCUT2D eigenvalue weighted by molar-refractivity contribution is -0.140. The molecule has 17 heavy (non-hydrogen) atoms. The number of alkyl halides is 3. The number of aryl methyl sites for hydroxylation is 1. The second kappa shape index (κ2) is 5.71. The van der Waals surface area contributed by atoms with Gasteiger partial charge in [-0.1, -0.05) is 23.7 Å². The van der Waals surface area contributed by atoms with E-state index in [-0.39, 0.29) is 6.42 Å². The molecule has 0 aromatic heterocycles. The molecule has 2 nitrogen and oxygen atoms in total. The van der Waals surface area contributed by atoms with E-state index < -0.39 is 18.6 Å². The van der Waals surface area contributed by atoms with Gasteiger partial charge in [0.25, 0.3) is 0 Å². The molecule has 1 aromatic rings. The zero-order valence-corrected chi connectivity index (χ0v) is 10.1. The van der Waals surface area contributed by atoms with Crippen molar-refractivity contribution in [2.45, 2.75) is 32.0 Å². The highest BCUT2D eigenvalue weighted by Crippen LogP contribution is 2.25. The SMILES string of the molecule is Cc1ccc(CC(CC(F)(F)F)NN)c(Cl)c1. The van der Waals surface area contributed by atoms with E-state index in [2.05, 4.69) is 5.43 Å². The van der Waals surface area contributed by atoms with Gasteiger partial charge in [-0.2, -0.15) is 13.2 Å². The molecule has 3 N–H and O–H groups in total. The lowest BCUT2D eigenvalue weighted by atomic mass is 10.0. The monoisotopic (exact) mass is 266 g/mol. The second-order valence-electron chi connectivity index (χ2n) is 3.98. The van der Waals surface area contributed by atoms with Crippen LogP contribution in [0.3, 0.4) is 0 Å². The summed E-state index contributed by atoms with van der Waals surface area (Å²) >= 11 is 5.95. The quantitative estimate of drug-likeness (QED) is 0.649. The van der Waals surface area contributed by atoms with Crippen LogP contribution < -0.4 is 11.3 Å². The fraction of sp³-hybridized carbons (Fsp3) is 0.455. The molecular weight excluding hydrogens is 253 g/mol. The van der Waals surface area contributed by atoms with E-state index in [0.717, 1.165) is 5.56 Å². The molecule has 0 aliphatic heterocycles. The fourth-order valence-electron chi connectivity index (χ4n) is 1.55. The van der Waals surface area contributed by atoms with Crippen LogP contribution in [0, 0.1) is 6.92 Å². The second-order valence-corrected chi connectivity index (χ2v) is 4.39. The van der Waals surface area contributed by atoms with Gasteiger partial charge in [-0.3, -0.25) is 11.3 Å². The predicted octanol–water partition coefficient (Wildman–Crippen LogP) is 2.98. The summed E-state index contributed by atoms with van der Waals surface area (Å²) in [4.78, 5) is 0. The third-order valence-electron chi connectivity index (χ3n) is 2.39. The number of rotatable bonds is 4. The van der Waals surface area contributed by atoms with Crippen LogP contribution in [-0.4, -0.2) is 12.2 Å². The summed E-state index contributed by atoms with van der Waals surface area (Å²) in [5, 5.41) is 0.465. The van der Waals surface area contributed by atoms with Crippen LogP contribution >= 0.6 is 11.6 Å². The third kappa shape index (κ3) is 4.93. The van der Waals surface area contributed by atoms with E-state index in [9.17, 15) is 13.2 Å². The van der Waals surface area contributed by atoms with Gasteiger partial charge in [0.1, 0.15) is 0 Å². The van der Waals surface area contributed by atoms with Crippen molar-refractivity contribution in [3.63, 3.8) is 0 Å². The molecule has 1 unspecified atom stereocenters. The maximum Gasteiger partial charge on any atom is 0.390 e. The average molecular weight is 267 g/mol. The molecular formula is C11H14ClF3N2. The van der Waals surface area contributed by atoms with Crippen molar-refractivity contribution < 1.29 is 13.2 Å². The molecule has 0 aliphatic rings. The highest BCUT2D eigenvalue weighted by atomic mass is 35.5. The summed E-state index contributed by atoms with van der Waals surface area (Å²) in [5.74, 6) is 5.11. The zero-order chi connectivity index (χ0) is 13.1. The number of hydrogen-bond donors (Lipinski definition) is 2. The molecule has 0 spiro atoms. The van der Waals surface area contributed by atoms with E-state index in [1.807, 2.05) is 13.0 Å². The Labute approximate surface area is 103 Å². The number of hydrogen-bond acceptors (Lipinski definition) is 2. The van der Waals surface area contributed by atoms with Gasteiger partial charge in [-0.05, 0) is 30.5 Å². The van der Waals surface area contributed by atoms with Gasteiger partial charge in [0, 0.05) is 11.1 Å². The van der Waals surface area contributed by atoms with Gasteiger partial charge < -0.3 is 0 Å². The highest BCUT2D eigenvalue weighted by Gasteiger charge is 2.31. The van der Waals surface area contributed by atoms with Crippen LogP contribution in [0.5, 0.6) is 0 Å². The lowest BCUT2D eigenvalue weighted by Crippen LogP contribution is -2.40. The third-order valence-corrected chi connectivity index (χ3v) is 2.74. The van der Waals surface area contributed by atoms with E-state index in [1.54, 1.807) is 12.1 Å². The van der Waals surface area contributed by atoms with Gasteiger partial charge in [-0.25, -0.2) is 0 Å². The van der Waals surface area contributed by atoms with Crippen LogP contribution in [0.1, 0.15) is 17.5 Å². The van der Waals surface area contributed by atoms with Crippen molar-refractivity contribution >= 4 is 11.6 Å². The van der Waals surface area contributed by atoms with Gasteiger partial charge in [0.15, 0.2) is 0 Å². The standard InChI is InChI=1S/C11H14ClF3N2/c1-7-2-3-8(10(12)4-7)5-9(17-16)6-11(13,14)15/h2-4,9,17H,5-6,16H2,1H3. The van der Waals surface area contributed by atoms with Crippen LogP contribution in [0.4, 0.5) is 13.2 Å². The number of nitrogens with two attached hydrogens (primary N) is 1. The summed E-state index contributed by atoms with van der Waals surface area (Å²) in [6.07, 6.45) is -5.07. The Morgan fingerprint density at radius 3 is 2.53 bits per heavy atom. The molecule has 0 radical (unpaired) electrons. The zero-order valence-electron chi connectivity index (χ0n) is 9.31. The highest BCUT2D eigenvalue weighted by molar-refractivity contribution is 6.31. The van der Waals surface area contributed by atoms with Crippen molar-refractivity contribution in [2.75, 3.05) is 0 Å². The van der Waals surface area contributed by atoms with Crippen LogP contribution in [0.2, 0.25) is 5.02 Å². The summed E-state index contributed by atoms with van der Waals surface area (Å²) in [6.45, 7) is 1.87. The van der Waals surface area contributed by atoms with Crippen molar-refractivity contribution in [3.8, 4) is 0 Å². The van der Waals surface area contributed by atoms with E-state index in [1.165, 1.54) is 0 Å². The Hall–Kier alpha value is -0.780. The van der Waals surface area contributed by atoms with Crippen LogP contribution in [-0.2, 0) is 6.42 Å². The number of hydrazine groups is 1. The Bertz CT molecular complexity index is 379. The molecule has 0 aliphatic carbocycles. The van der Waals surface area contributed by atoms with Crippen LogP contribution in [0.15, 0.2) is 18.2 Å². The Morgan fingerprint density at radius 2 is 2.06 bits per heavy atom. The minimum absolute atomic E-state index is 0.148. The molecule has 0 saturated carbocycles. The largest absolute Gasteiger partial charge is 0.390 e. The summed E-state index contributed by atoms with van der Waals surface area (Å²) in [7, 11) is 0. The minimum atomic E-state index is -4.24. The molecule has 6 heteroatoms. The molecule has 0 heterocycles.